The van der Waals surface area contributed by atoms with Crippen molar-refractivity contribution in [3.63, 3.8) is 0 Å². The van der Waals surface area contributed by atoms with Crippen LogP contribution in [0.15, 0.2) is 29.4 Å². The first-order valence-electron chi connectivity index (χ1n) is 6.36. The summed E-state index contributed by atoms with van der Waals surface area (Å²) < 4.78 is 6.88. The number of ether oxygens (including phenoxy) is 1. The molecule has 1 aromatic carbocycles. The molecule has 0 aliphatic heterocycles. The Kier molecular flexibility index (Phi) is 3.68. The fourth-order valence-corrected chi connectivity index (χ4v) is 2.66. The van der Waals surface area contributed by atoms with Gasteiger partial charge in [0.1, 0.15) is 5.75 Å². The maximum absolute atomic E-state index is 12.1. The zero-order chi connectivity index (χ0) is 13.9. The van der Waals surface area contributed by atoms with Gasteiger partial charge >= 0.3 is 0 Å². The van der Waals surface area contributed by atoms with E-state index in [0.717, 1.165) is 23.7 Å². The predicted molar refractivity (Wildman–Crippen MR) is 74.1 cm³/mol. The highest BCUT2D eigenvalue weighted by molar-refractivity contribution is 7.99. The van der Waals surface area contributed by atoms with Crippen molar-refractivity contribution in [1.82, 2.24) is 20.2 Å². The molecule has 1 aliphatic rings. The van der Waals surface area contributed by atoms with Gasteiger partial charge in [0.25, 0.3) is 0 Å². The molecule has 0 N–H and O–H groups in total. The summed E-state index contributed by atoms with van der Waals surface area (Å²) in [5.41, 5.74) is 0.670. The molecule has 0 saturated heterocycles. The fourth-order valence-electron chi connectivity index (χ4n) is 1.82. The second-order valence-electron chi connectivity index (χ2n) is 4.58. The van der Waals surface area contributed by atoms with Crippen molar-refractivity contribution in [3.8, 4) is 5.75 Å². The average Bonchev–Trinajstić information content (AvgIpc) is 3.23. The van der Waals surface area contributed by atoms with Gasteiger partial charge in [-0.25, -0.2) is 4.68 Å². The van der Waals surface area contributed by atoms with E-state index < -0.39 is 0 Å². The van der Waals surface area contributed by atoms with Gasteiger partial charge < -0.3 is 4.74 Å². The largest absolute Gasteiger partial charge is 0.497 e. The molecule has 1 aliphatic carbocycles. The lowest BCUT2D eigenvalue weighted by Gasteiger charge is -2.03. The SMILES string of the molecule is COc1ccc(C(=O)CSc2nnnn2C2CC2)cc1. The van der Waals surface area contributed by atoms with E-state index in [2.05, 4.69) is 15.5 Å². The molecular weight excluding hydrogens is 276 g/mol. The summed E-state index contributed by atoms with van der Waals surface area (Å²) in [4.78, 5) is 12.1. The fraction of sp³-hybridized carbons (Fsp3) is 0.385. The van der Waals surface area contributed by atoms with Gasteiger partial charge in [-0.3, -0.25) is 4.79 Å². The minimum Gasteiger partial charge on any atom is -0.497 e. The molecule has 3 rings (SSSR count). The van der Waals surface area contributed by atoms with Crippen LogP contribution in [0.4, 0.5) is 0 Å². The highest BCUT2D eigenvalue weighted by Crippen LogP contribution is 2.36. The Labute approximate surface area is 120 Å². The molecule has 7 heteroatoms. The van der Waals surface area contributed by atoms with Crippen LogP contribution in [0.3, 0.4) is 0 Å². The van der Waals surface area contributed by atoms with Crippen LogP contribution in [-0.2, 0) is 0 Å². The third-order valence-corrected chi connectivity index (χ3v) is 4.03. The van der Waals surface area contributed by atoms with Crippen LogP contribution in [-0.4, -0.2) is 38.9 Å². The number of hydrogen-bond donors (Lipinski definition) is 0. The highest BCUT2D eigenvalue weighted by Gasteiger charge is 2.28. The monoisotopic (exact) mass is 290 g/mol. The smallest absolute Gasteiger partial charge is 0.210 e. The third-order valence-electron chi connectivity index (χ3n) is 3.10. The number of Topliss-reactive ketones (excluding diaryl/α,β-unsaturated/α-hetero) is 1. The summed E-state index contributed by atoms with van der Waals surface area (Å²) in [6.45, 7) is 0. The van der Waals surface area contributed by atoms with Crippen molar-refractivity contribution in [2.75, 3.05) is 12.9 Å². The second-order valence-corrected chi connectivity index (χ2v) is 5.52. The molecular formula is C13H14N4O2S. The van der Waals surface area contributed by atoms with E-state index in [1.807, 2.05) is 4.68 Å². The average molecular weight is 290 g/mol. The van der Waals surface area contributed by atoms with Gasteiger partial charge in [0.2, 0.25) is 5.16 Å². The van der Waals surface area contributed by atoms with E-state index in [1.165, 1.54) is 11.8 Å². The Morgan fingerprint density at radius 1 is 1.40 bits per heavy atom. The van der Waals surface area contributed by atoms with Crippen LogP contribution in [0.25, 0.3) is 0 Å². The number of aromatic nitrogens is 4. The molecule has 2 aromatic rings. The molecule has 1 fully saturated rings. The van der Waals surface area contributed by atoms with E-state index in [1.54, 1.807) is 31.4 Å². The highest BCUT2D eigenvalue weighted by atomic mass is 32.2. The molecule has 104 valence electrons. The summed E-state index contributed by atoms with van der Waals surface area (Å²) in [7, 11) is 1.60. The van der Waals surface area contributed by atoms with Gasteiger partial charge in [-0.1, -0.05) is 11.8 Å². The number of carbonyl (C=O) groups excluding carboxylic acids is 1. The number of tetrazole rings is 1. The van der Waals surface area contributed by atoms with Crippen molar-refractivity contribution in [1.29, 1.82) is 0 Å². The van der Waals surface area contributed by atoms with Gasteiger partial charge in [0, 0.05) is 5.56 Å². The molecule has 0 amide bonds. The maximum atomic E-state index is 12.1. The minimum atomic E-state index is 0.0583. The van der Waals surface area contributed by atoms with Crippen LogP contribution in [0.1, 0.15) is 29.2 Å². The first-order chi connectivity index (χ1) is 9.78. The van der Waals surface area contributed by atoms with Gasteiger partial charge in [0.15, 0.2) is 5.78 Å². The van der Waals surface area contributed by atoms with E-state index in [0.29, 0.717) is 17.4 Å². The maximum Gasteiger partial charge on any atom is 0.210 e. The van der Waals surface area contributed by atoms with Crippen molar-refractivity contribution < 1.29 is 9.53 Å². The molecule has 1 saturated carbocycles. The third kappa shape index (κ3) is 2.82. The first-order valence-corrected chi connectivity index (χ1v) is 7.34. The van der Waals surface area contributed by atoms with Crippen molar-refractivity contribution in [2.24, 2.45) is 0 Å². The van der Waals surface area contributed by atoms with Crippen LogP contribution < -0.4 is 4.74 Å². The number of ketones is 1. The minimum absolute atomic E-state index is 0.0583. The number of rotatable bonds is 6. The molecule has 6 nitrogen and oxygen atoms in total. The van der Waals surface area contributed by atoms with Crippen molar-refractivity contribution in [2.45, 2.75) is 24.0 Å². The Balaban J connectivity index is 1.62. The lowest BCUT2D eigenvalue weighted by atomic mass is 10.1. The molecule has 0 bridgehead atoms. The van der Waals surface area contributed by atoms with E-state index >= 15 is 0 Å². The lowest BCUT2D eigenvalue weighted by Crippen LogP contribution is -2.05. The zero-order valence-corrected chi connectivity index (χ0v) is 11.8. The van der Waals surface area contributed by atoms with Crippen LogP contribution in [0, 0.1) is 0 Å². The topological polar surface area (TPSA) is 69.9 Å². The van der Waals surface area contributed by atoms with Crippen molar-refractivity contribution >= 4 is 17.5 Å². The Hall–Kier alpha value is -1.89. The summed E-state index contributed by atoms with van der Waals surface area (Å²) in [5, 5.41) is 12.3. The Morgan fingerprint density at radius 2 is 2.15 bits per heavy atom. The summed E-state index contributed by atoms with van der Waals surface area (Å²) in [6.07, 6.45) is 2.23. The number of methoxy groups -OCH3 is 1. The Bertz CT molecular complexity index is 607. The van der Waals surface area contributed by atoms with Gasteiger partial charge in [-0.05, 0) is 47.5 Å². The van der Waals surface area contributed by atoms with Gasteiger partial charge in [-0.2, -0.15) is 0 Å². The lowest BCUT2D eigenvalue weighted by molar-refractivity contribution is 0.102. The number of nitrogens with zero attached hydrogens (tertiary/aromatic N) is 4. The number of thioether (sulfide) groups is 1. The standard InChI is InChI=1S/C13H14N4O2S/c1-19-11-6-2-9(3-7-11)12(18)8-20-13-14-15-16-17(13)10-4-5-10/h2-3,6-7,10H,4-5,8H2,1H3. The zero-order valence-electron chi connectivity index (χ0n) is 11.0. The molecule has 1 aromatic heterocycles. The second kappa shape index (κ2) is 5.62. The van der Waals surface area contributed by atoms with E-state index in [4.69, 9.17) is 4.74 Å². The predicted octanol–water partition coefficient (Wildman–Crippen LogP) is 1.99. The van der Waals surface area contributed by atoms with E-state index in [-0.39, 0.29) is 5.78 Å². The van der Waals surface area contributed by atoms with Gasteiger partial charge in [0.05, 0.1) is 18.9 Å². The van der Waals surface area contributed by atoms with E-state index in [9.17, 15) is 4.79 Å². The summed E-state index contributed by atoms with van der Waals surface area (Å²) >= 11 is 1.38. The number of hydrogen-bond acceptors (Lipinski definition) is 6. The van der Waals surface area contributed by atoms with Gasteiger partial charge in [-0.15, -0.1) is 5.10 Å². The first kappa shape index (κ1) is 13.1. The normalized spacial score (nSPS) is 14.2. The molecule has 20 heavy (non-hydrogen) atoms. The summed E-state index contributed by atoms with van der Waals surface area (Å²) in [5.74, 6) is 1.13. The molecule has 0 spiro atoms. The van der Waals surface area contributed by atoms with Crippen LogP contribution in [0.2, 0.25) is 0 Å². The quantitative estimate of drug-likeness (QED) is 0.598. The van der Waals surface area contributed by atoms with Crippen LogP contribution >= 0.6 is 11.8 Å². The molecule has 0 radical (unpaired) electrons. The molecule has 0 atom stereocenters. The summed E-state index contributed by atoms with van der Waals surface area (Å²) in [6, 6.07) is 7.53. The van der Waals surface area contributed by atoms with Crippen molar-refractivity contribution in [3.05, 3.63) is 29.8 Å². The number of carbonyl (C=O) groups is 1. The Morgan fingerprint density at radius 3 is 2.80 bits per heavy atom. The molecule has 0 unspecified atom stereocenters. The van der Waals surface area contributed by atoms with Crippen LogP contribution in [0.5, 0.6) is 5.75 Å². The number of benzene rings is 1. The molecule has 1 heterocycles.